The number of nitrogens with two attached hydrogens (primary N) is 1. The van der Waals surface area contributed by atoms with E-state index in [2.05, 4.69) is 5.32 Å². The Hall–Kier alpha value is -1.94. The fraction of sp³-hybridized carbons (Fsp3) is 0.143. The van der Waals surface area contributed by atoms with Gasteiger partial charge in [-0.15, -0.1) is 11.3 Å². The van der Waals surface area contributed by atoms with Crippen LogP contribution in [0, 0.1) is 0 Å². The van der Waals surface area contributed by atoms with Gasteiger partial charge in [-0.25, -0.2) is 8.42 Å². The molecule has 1 atom stereocenters. The first-order chi connectivity index (χ1) is 11.1. The van der Waals surface area contributed by atoms with E-state index < -0.39 is 27.8 Å². The zero-order valence-corrected chi connectivity index (χ0v) is 14.7. The van der Waals surface area contributed by atoms with Crippen molar-refractivity contribution in [2.24, 2.45) is 5.73 Å². The number of primary amides is 1. The van der Waals surface area contributed by atoms with E-state index in [4.69, 9.17) is 17.3 Å². The zero-order chi connectivity index (χ0) is 18.1. The van der Waals surface area contributed by atoms with Gasteiger partial charge in [0.15, 0.2) is 0 Å². The van der Waals surface area contributed by atoms with E-state index in [1.807, 2.05) is 0 Å². The van der Waals surface area contributed by atoms with Gasteiger partial charge in [0.2, 0.25) is 9.84 Å². The SMILES string of the molecule is C[C@H](O)C(=O)Nc1sc(S(=O)(=O)c2ccc(Cl)cc2)cc1C(N)=O. The van der Waals surface area contributed by atoms with Gasteiger partial charge in [0, 0.05) is 5.02 Å². The van der Waals surface area contributed by atoms with Crippen LogP contribution in [-0.2, 0) is 14.6 Å². The number of carbonyl (C=O) groups is 2. The Morgan fingerprint density at radius 2 is 1.88 bits per heavy atom. The Balaban J connectivity index is 2.49. The molecule has 0 saturated heterocycles. The van der Waals surface area contributed by atoms with Gasteiger partial charge in [-0.3, -0.25) is 9.59 Å². The van der Waals surface area contributed by atoms with Crippen LogP contribution < -0.4 is 11.1 Å². The summed E-state index contributed by atoms with van der Waals surface area (Å²) in [6.07, 6.45) is -1.33. The summed E-state index contributed by atoms with van der Waals surface area (Å²) in [5, 5.41) is 11.9. The van der Waals surface area contributed by atoms with Crippen molar-refractivity contribution in [3.05, 3.63) is 40.9 Å². The number of hydrogen-bond acceptors (Lipinski definition) is 6. The molecule has 0 radical (unpaired) electrons. The maximum Gasteiger partial charge on any atom is 0.253 e. The average Bonchev–Trinajstić information content (AvgIpc) is 2.92. The fourth-order valence-electron chi connectivity index (χ4n) is 1.72. The number of thiophene rings is 1. The largest absolute Gasteiger partial charge is 0.384 e. The number of anilines is 1. The maximum atomic E-state index is 12.6. The molecule has 0 fully saturated rings. The predicted octanol–water partition coefficient (Wildman–Crippen LogP) is 1.65. The van der Waals surface area contributed by atoms with Gasteiger partial charge in [0.1, 0.15) is 15.3 Å². The average molecular weight is 389 g/mol. The number of sulfone groups is 1. The van der Waals surface area contributed by atoms with Crippen LogP contribution in [-0.4, -0.2) is 31.4 Å². The molecule has 128 valence electrons. The third-order valence-corrected chi connectivity index (χ3v) is 6.53. The normalized spacial score (nSPS) is 12.6. The summed E-state index contributed by atoms with van der Waals surface area (Å²) in [5.74, 6) is -1.68. The molecule has 2 rings (SSSR count). The van der Waals surface area contributed by atoms with E-state index in [1.54, 1.807) is 0 Å². The summed E-state index contributed by atoms with van der Waals surface area (Å²) in [6, 6.07) is 6.60. The van der Waals surface area contributed by atoms with Crippen molar-refractivity contribution >= 4 is 49.6 Å². The molecular weight excluding hydrogens is 376 g/mol. The minimum Gasteiger partial charge on any atom is -0.384 e. The van der Waals surface area contributed by atoms with Gasteiger partial charge in [0.05, 0.1) is 10.5 Å². The van der Waals surface area contributed by atoms with Gasteiger partial charge in [0.25, 0.3) is 11.8 Å². The number of benzene rings is 1. The van der Waals surface area contributed by atoms with Crippen molar-refractivity contribution in [3.63, 3.8) is 0 Å². The molecule has 7 nitrogen and oxygen atoms in total. The van der Waals surface area contributed by atoms with E-state index in [1.165, 1.54) is 31.2 Å². The fourth-order valence-corrected chi connectivity index (χ4v) is 4.63. The first kappa shape index (κ1) is 18.4. The Labute approximate surface area is 147 Å². The first-order valence-electron chi connectivity index (χ1n) is 6.56. The molecule has 0 aliphatic heterocycles. The lowest BCUT2D eigenvalue weighted by Crippen LogP contribution is -2.25. The summed E-state index contributed by atoms with van der Waals surface area (Å²) < 4.78 is 25.0. The van der Waals surface area contributed by atoms with Crippen molar-refractivity contribution in [2.45, 2.75) is 22.1 Å². The summed E-state index contributed by atoms with van der Waals surface area (Å²) in [6.45, 7) is 1.23. The van der Waals surface area contributed by atoms with E-state index in [0.29, 0.717) is 16.4 Å². The molecule has 2 amide bonds. The van der Waals surface area contributed by atoms with Crippen LogP contribution in [0.15, 0.2) is 39.4 Å². The summed E-state index contributed by atoms with van der Waals surface area (Å²) in [4.78, 5) is 23.1. The molecule has 0 unspecified atom stereocenters. The van der Waals surface area contributed by atoms with Gasteiger partial charge >= 0.3 is 0 Å². The van der Waals surface area contributed by atoms with E-state index >= 15 is 0 Å². The van der Waals surface area contributed by atoms with Crippen LogP contribution in [0.25, 0.3) is 0 Å². The molecule has 0 bridgehead atoms. The number of nitrogens with one attached hydrogen (secondary N) is 1. The lowest BCUT2D eigenvalue weighted by Gasteiger charge is -2.05. The Morgan fingerprint density at radius 3 is 2.38 bits per heavy atom. The number of hydrogen-bond donors (Lipinski definition) is 3. The maximum absolute atomic E-state index is 12.6. The number of carbonyl (C=O) groups excluding carboxylic acids is 2. The van der Waals surface area contributed by atoms with Crippen LogP contribution in [0.1, 0.15) is 17.3 Å². The zero-order valence-electron chi connectivity index (χ0n) is 12.3. The van der Waals surface area contributed by atoms with E-state index in [0.717, 1.165) is 6.07 Å². The lowest BCUT2D eigenvalue weighted by atomic mass is 10.3. The molecule has 2 aromatic rings. The van der Waals surface area contributed by atoms with E-state index in [9.17, 15) is 23.1 Å². The topological polar surface area (TPSA) is 127 Å². The Morgan fingerprint density at radius 1 is 1.29 bits per heavy atom. The molecule has 0 aliphatic carbocycles. The molecule has 1 heterocycles. The Bertz CT molecular complexity index is 888. The van der Waals surface area contributed by atoms with Crippen LogP contribution >= 0.6 is 22.9 Å². The van der Waals surface area contributed by atoms with Crippen LogP contribution in [0.3, 0.4) is 0 Å². The summed E-state index contributed by atoms with van der Waals surface area (Å²) in [7, 11) is -3.91. The molecule has 24 heavy (non-hydrogen) atoms. The highest BCUT2D eigenvalue weighted by atomic mass is 35.5. The molecule has 1 aromatic carbocycles. The number of rotatable bonds is 5. The number of amides is 2. The van der Waals surface area contributed by atoms with E-state index in [-0.39, 0.29) is 19.7 Å². The number of aliphatic hydroxyl groups excluding tert-OH is 1. The summed E-state index contributed by atoms with van der Waals surface area (Å²) in [5.41, 5.74) is 5.07. The molecule has 10 heteroatoms. The second kappa shape index (κ2) is 6.89. The molecule has 0 aliphatic rings. The van der Waals surface area contributed by atoms with Gasteiger partial charge in [-0.1, -0.05) is 11.6 Å². The molecular formula is C14H13ClN2O5S2. The number of halogens is 1. The minimum atomic E-state index is -3.91. The third kappa shape index (κ3) is 3.75. The molecule has 0 saturated carbocycles. The highest BCUT2D eigenvalue weighted by Crippen LogP contribution is 2.35. The van der Waals surface area contributed by atoms with Crippen molar-refractivity contribution < 1.29 is 23.1 Å². The van der Waals surface area contributed by atoms with Crippen molar-refractivity contribution in [1.82, 2.24) is 0 Å². The van der Waals surface area contributed by atoms with Crippen LogP contribution in [0.4, 0.5) is 5.00 Å². The first-order valence-corrected chi connectivity index (χ1v) is 9.24. The van der Waals surface area contributed by atoms with Crippen LogP contribution in [0.2, 0.25) is 5.02 Å². The van der Waals surface area contributed by atoms with Crippen molar-refractivity contribution in [2.75, 3.05) is 5.32 Å². The summed E-state index contributed by atoms with van der Waals surface area (Å²) >= 11 is 6.42. The van der Waals surface area contributed by atoms with Crippen molar-refractivity contribution in [1.29, 1.82) is 0 Å². The van der Waals surface area contributed by atoms with Crippen molar-refractivity contribution in [3.8, 4) is 0 Å². The standard InChI is InChI=1S/C14H13ClN2O5S2/c1-7(18)13(20)17-14-10(12(16)19)6-11(23-14)24(21,22)9-4-2-8(15)3-5-9/h2-7,18H,1H3,(H2,16,19)(H,17,20)/t7-/m0/s1. The second-order valence-electron chi connectivity index (χ2n) is 4.80. The molecule has 1 aromatic heterocycles. The third-order valence-electron chi connectivity index (χ3n) is 2.98. The van der Waals surface area contributed by atoms with Gasteiger partial charge < -0.3 is 16.2 Å². The van der Waals surface area contributed by atoms with Gasteiger partial charge in [-0.2, -0.15) is 0 Å². The quantitative estimate of drug-likeness (QED) is 0.717. The minimum absolute atomic E-state index is 0.0161. The highest BCUT2D eigenvalue weighted by molar-refractivity contribution is 7.93. The smallest absolute Gasteiger partial charge is 0.253 e. The van der Waals surface area contributed by atoms with Crippen LogP contribution in [0.5, 0.6) is 0 Å². The predicted molar refractivity (Wildman–Crippen MR) is 90.1 cm³/mol. The lowest BCUT2D eigenvalue weighted by molar-refractivity contribution is -0.123. The second-order valence-corrected chi connectivity index (χ2v) is 8.46. The highest BCUT2D eigenvalue weighted by Gasteiger charge is 2.25. The molecule has 4 N–H and O–H groups in total. The monoisotopic (exact) mass is 388 g/mol. The number of aliphatic hydroxyl groups is 1. The Kier molecular flexibility index (Phi) is 5.29. The van der Waals surface area contributed by atoms with Gasteiger partial charge in [-0.05, 0) is 37.3 Å². The molecule has 0 spiro atoms.